The van der Waals surface area contributed by atoms with E-state index in [4.69, 9.17) is 16.3 Å². The Morgan fingerprint density at radius 3 is 2.25 bits per heavy atom. The molecule has 2 rings (SSSR count). The Bertz CT molecular complexity index is 576. The lowest BCUT2D eigenvalue weighted by molar-refractivity contribution is -0.130. The van der Waals surface area contributed by atoms with E-state index in [-0.39, 0.29) is 12.5 Å². The van der Waals surface area contributed by atoms with Crippen LogP contribution >= 0.6 is 11.6 Å². The summed E-state index contributed by atoms with van der Waals surface area (Å²) in [6.07, 6.45) is -0.573. The average Bonchev–Trinajstić information content (AvgIpc) is 2.52. The van der Waals surface area contributed by atoms with Crippen molar-refractivity contribution in [1.82, 2.24) is 10.2 Å². The Morgan fingerprint density at radius 1 is 1.12 bits per heavy atom. The second-order valence-electron chi connectivity index (χ2n) is 6.70. The maximum atomic E-state index is 12.2. The number of alkyl carbamates (subject to hydrolysis) is 1. The summed E-state index contributed by atoms with van der Waals surface area (Å²) in [4.78, 5) is 27.7. The number of anilines is 1. The molecule has 6 nitrogen and oxygen atoms in total. The van der Waals surface area contributed by atoms with Gasteiger partial charge < -0.3 is 19.9 Å². The van der Waals surface area contributed by atoms with Crippen LogP contribution in [0, 0.1) is 0 Å². The molecule has 0 radical (unpaired) electrons. The molecule has 1 aliphatic heterocycles. The van der Waals surface area contributed by atoms with Gasteiger partial charge in [-0.1, -0.05) is 11.6 Å². The average molecular weight is 354 g/mol. The van der Waals surface area contributed by atoms with Crippen molar-refractivity contribution >= 4 is 29.3 Å². The number of piperazine rings is 1. The van der Waals surface area contributed by atoms with E-state index in [0.29, 0.717) is 18.1 Å². The molecule has 1 aliphatic rings. The number of benzene rings is 1. The number of amides is 2. The predicted octanol–water partition coefficient (Wildman–Crippen LogP) is 2.51. The topological polar surface area (TPSA) is 61.9 Å². The molecule has 0 spiro atoms. The van der Waals surface area contributed by atoms with Crippen LogP contribution in [0.1, 0.15) is 20.8 Å². The summed E-state index contributed by atoms with van der Waals surface area (Å²) >= 11 is 5.90. The van der Waals surface area contributed by atoms with Gasteiger partial charge in [0.2, 0.25) is 5.91 Å². The maximum Gasteiger partial charge on any atom is 0.408 e. The molecule has 0 unspecified atom stereocenters. The van der Waals surface area contributed by atoms with Crippen molar-refractivity contribution in [1.29, 1.82) is 0 Å². The standard InChI is InChI=1S/C17H24ClN3O3/c1-17(2,3)24-16(23)19-12-15(22)21-10-8-20(9-11-21)14-6-4-13(18)5-7-14/h4-7H,8-12H2,1-3H3,(H,19,23). The summed E-state index contributed by atoms with van der Waals surface area (Å²) in [5, 5.41) is 3.21. The van der Waals surface area contributed by atoms with Gasteiger partial charge in [-0.05, 0) is 45.0 Å². The van der Waals surface area contributed by atoms with E-state index in [1.807, 2.05) is 24.3 Å². The molecule has 7 heteroatoms. The van der Waals surface area contributed by atoms with Crippen LogP contribution in [0.3, 0.4) is 0 Å². The third-order valence-corrected chi connectivity index (χ3v) is 3.86. The number of carbonyl (C=O) groups is 2. The van der Waals surface area contributed by atoms with E-state index >= 15 is 0 Å². The van der Waals surface area contributed by atoms with Gasteiger partial charge in [0, 0.05) is 36.9 Å². The number of carbonyl (C=O) groups excluding carboxylic acids is 2. The Balaban J connectivity index is 1.76. The minimum atomic E-state index is -0.573. The van der Waals surface area contributed by atoms with E-state index in [0.717, 1.165) is 18.8 Å². The lowest BCUT2D eigenvalue weighted by atomic mass is 10.2. The fourth-order valence-electron chi connectivity index (χ4n) is 2.44. The summed E-state index contributed by atoms with van der Waals surface area (Å²) in [7, 11) is 0. The van der Waals surface area contributed by atoms with Crippen LogP contribution in [0.15, 0.2) is 24.3 Å². The quantitative estimate of drug-likeness (QED) is 0.907. The van der Waals surface area contributed by atoms with E-state index in [1.54, 1.807) is 25.7 Å². The van der Waals surface area contributed by atoms with Gasteiger partial charge in [0.05, 0.1) is 0 Å². The maximum absolute atomic E-state index is 12.2. The second kappa shape index (κ2) is 7.75. The summed E-state index contributed by atoms with van der Waals surface area (Å²) in [6.45, 7) is 8.05. The molecule has 0 aromatic heterocycles. The highest BCUT2D eigenvalue weighted by Gasteiger charge is 2.22. The first-order valence-electron chi connectivity index (χ1n) is 8.00. The SMILES string of the molecule is CC(C)(C)OC(=O)NCC(=O)N1CCN(c2ccc(Cl)cc2)CC1. The van der Waals surface area contributed by atoms with Gasteiger partial charge in [0.25, 0.3) is 0 Å². The highest BCUT2D eigenvalue weighted by Crippen LogP contribution is 2.19. The molecule has 1 aromatic carbocycles. The monoisotopic (exact) mass is 353 g/mol. The molecule has 0 saturated carbocycles. The first-order chi connectivity index (χ1) is 11.2. The molecule has 1 fully saturated rings. The van der Waals surface area contributed by atoms with E-state index in [9.17, 15) is 9.59 Å². The largest absolute Gasteiger partial charge is 0.444 e. The van der Waals surface area contributed by atoms with Crippen molar-refractivity contribution in [3.8, 4) is 0 Å². The van der Waals surface area contributed by atoms with Crippen molar-refractivity contribution < 1.29 is 14.3 Å². The van der Waals surface area contributed by atoms with Crippen LogP contribution in [0.4, 0.5) is 10.5 Å². The van der Waals surface area contributed by atoms with Crippen LogP contribution < -0.4 is 10.2 Å². The highest BCUT2D eigenvalue weighted by molar-refractivity contribution is 6.30. The van der Waals surface area contributed by atoms with Crippen molar-refractivity contribution in [3.05, 3.63) is 29.3 Å². The zero-order chi connectivity index (χ0) is 17.7. The fourth-order valence-corrected chi connectivity index (χ4v) is 2.57. The van der Waals surface area contributed by atoms with Crippen LogP contribution in [0.25, 0.3) is 0 Å². The molecular formula is C17H24ClN3O3. The third kappa shape index (κ3) is 5.60. The summed E-state index contributed by atoms with van der Waals surface area (Å²) < 4.78 is 5.12. The number of nitrogens with one attached hydrogen (secondary N) is 1. The third-order valence-electron chi connectivity index (χ3n) is 3.61. The van der Waals surface area contributed by atoms with Crippen LogP contribution in [0.2, 0.25) is 5.02 Å². The Hall–Kier alpha value is -1.95. The van der Waals surface area contributed by atoms with Gasteiger partial charge in [-0.2, -0.15) is 0 Å². The zero-order valence-electron chi connectivity index (χ0n) is 14.3. The summed E-state index contributed by atoms with van der Waals surface area (Å²) in [5.41, 5.74) is 0.524. The van der Waals surface area contributed by atoms with Gasteiger partial charge in [0.15, 0.2) is 0 Å². The fraction of sp³-hybridized carbons (Fsp3) is 0.529. The highest BCUT2D eigenvalue weighted by atomic mass is 35.5. The molecule has 0 bridgehead atoms. The minimum Gasteiger partial charge on any atom is -0.444 e. The van der Waals surface area contributed by atoms with Gasteiger partial charge in [-0.25, -0.2) is 4.79 Å². The Labute approximate surface area is 147 Å². The molecule has 1 saturated heterocycles. The van der Waals surface area contributed by atoms with Gasteiger partial charge in [-0.3, -0.25) is 4.79 Å². The van der Waals surface area contributed by atoms with Crippen molar-refractivity contribution in [2.75, 3.05) is 37.6 Å². The molecule has 0 aliphatic carbocycles. The van der Waals surface area contributed by atoms with Crippen LogP contribution in [0.5, 0.6) is 0 Å². The first-order valence-corrected chi connectivity index (χ1v) is 8.37. The Morgan fingerprint density at radius 2 is 1.71 bits per heavy atom. The number of nitrogens with zero attached hydrogens (tertiary/aromatic N) is 2. The van der Waals surface area contributed by atoms with E-state index in [1.165, 1.54) is 0 Å². The van der Waals surface area contributed by atoms with E-state index < -0.39 is 11.7 Å². The van der Waals surface area contributed by atoms with Crippen molar-refractivity contribution in [2.24, 2.45) is 0 Å². The number of halogens is 1. The number of ether oxygens (including phenoxy) is 1. The number of rotatable bonds is 3. The van der Waals surface area contributed by atoms with E-state index in [2.05, 4.69) is 10.2 Å². The molecular weight excluding hydrogens is 330 g/mol. The zero-order valence-corrected chi connectivity index (χ0v) is 15.1. The van der Waals surface area contributed by atoms with Crippen molar-refractivity contribution in [2.45, 2.75) is 26.4 Å². The number of hydrogen-bond donors (Lipinski definition) is 1. The number of hydrogen-bond acceptors (Lipinski definition) is 4. The molecule has 1 N–H and O–H groups in total. The van der Waals surface area contributed by atoms with Crippen LogP contribution in [-0.2, 0) is 9.53 Å². The lowest BCUT2D eigenvalue weighted by Gasteiger charge is -2.36. The van der Waals surface area contributed by atoms with Crippen LogP contribution in [-0.4, -0.2) is 55.2 Å². The predicted molar refractivity (Wildman–Crippen MR) is 94.5 cm³/mol. The van der Waals surface area contributed by atoms with Crippen molar-refractivity contribution in [3.63, 3.8) is 0 Å². The smallest absolute Gasteiger partial charge is 0.408 e. The van der Waals surface area contributed by atoms with Gasteiger partial charge in [-0.15, -0.1) is 0 Å². The minimum absolute atomic E-state index is 0.0458. The summed E-state index contributed by atoms with van der Waals surface area (Å²) in [6, 6.07) is 7.67. The molecule has 2 amide bonds. The molecule has 132 valence electrons. The Kier molecular flexibility index (Phi) is 5.94. The first kappa shape index (κ1) is 18.4. The molecule has 0 atom stereocenters. The molecule has 24 heavy (non-hydrogen) atoms. The van der Waals surface area contributed by atoms with Gasteiger partial charge in [0.1, 0.15) is 12.1 Å². The summed E-state index contributed by atoms with van der Waals surface area (Å²) in [5.74, 6) is -0.100. The molecule has 1 aromatic rings. The van der Waals surface area contributed by atoms with Gasteiger partial charge >= 0.3 is 6.09 Å². The lowest BCUT2D eigenvalue weighted by Crippen LogP contribution is -2.51. The molecule has 1 heterocycles. The second-order valence-corrected chi connectivity index (χ2v) is 7.14. The normalized spacial score (nSPS) is 15.2.